The third kappa shape index (κ3) is 7.56. The molecule has 45 heavy (non-hydrogen) atoms. The highest BCUT2D eigenvalue weighted by atomic mass is 19.1. The molecule has 6 rings (SSSR count). The SMILES string of the molecule is Cc1ccc(CN2C(=O)/C(=C\c3ccc(C(=O)NCCCN4CCN(c5ccccc5F)CC4)cc3)OC3CCCCC32)cc1. The van der Waals surface area contributed by atoms with Crippen molar-refractivity contribution in [3.63, 3.8) is 0 Å². The van der Waals surface area contributed by atoms with Crippen molar-refractivity contribution in [2.24, 2.45) is 0 Å². The summed E-state index contributed by atoms with van der Waals surface area (Å²) in [6.07, 6.45) is 6.79. The summed E-state index contributed by atoms with van der Waals surface area (Å²) in [5, 5.41) is 3.03. The second-order valence-corrected chi connectivity index (χ2v) is 12.4. The Bertz CT molecular complexity index is 1500. The maximum absolute atomic E-state index is 14.1. The predicted molar refractivity (Wildman–Crippen MR) is 175 cm³/mol. The van der Waals surface area contributed by atoms with Gasteiger partial charge in [-0.3, -0.25) is 14.5 Å². The first-order chi connectivity index (χ1) is 21.9. The van der Waals surface area contributed by atoms with Crippen molar-refractivity contribution >= 4 is 23.6 Å². The summed E-state index contributed by atoms with van der Waals surface area (Å²) in [4.78, 5) is 32.9. The molecule has 2 atom stereocenters. The van der Waals surface area contributed by atoms with E-state index in [1.807, 2.05) is 35.2 Å². The van der Waals surface area contributed by atoms with Crippen LogP contribution >= 0.6 is 0 Å². The Hall–Kier alpha value is -4.17. The number of hydrogen-bond acceptors (Lipinski definition) is 5. The number of benzene rings is 3. The number of nitrogens with one attached hydrogen (secondary N) is 1. The highest BCUT2D eigenvalue weighted by molar-refractivity contribution is 5.97. The van der Waals surface area contributed by atoms with Crippen LogP contribution in [0.2, 0.25) is 0 Å². The molecule has 0 radical (unpaired) electrons. The van der Waals surface area contributed by atoms with E-state index >= 15 is 0 Å². The van der Waals surface area contributed by atoms with Crippen LogP contribution in [0.5, 0.6) is 0 Å². The van der Waals surface area contributed by atoms with Gasteiger partial charge in [-0.05, 0) is 80.6 Å². The average Bonchev–Trinajstić information content (AvgIpc) is 3.07. The molecule has 3 fully saturated rings. The number of carbonyl (C=O) groups excluding carboxylic acids is 2. The van der Waals surface area contributed by atoms with Gasteiger partial charge in [-0.15, -0.1) is 0 Å². The second-order valence-electron chi connectivity index (χ2n) is 12.4. The molecule has 1 N–H and O–H groups in total. The predicted octanol–water partition coefficient (Wildman–Crippen LogP) is 5.79. The van der Waals surface area contributed by atoms with E-state index < -0.39 is 0 Å². The topological polar surface area (TPSA) is 65.1 Å². The van der Waals surface area contributed by atoms with Crippen LogP contribution in [-0.4, -0.2) is 73.0 Å². The Balaban J connectivity index is 0.994. The van der Waals surface area contributed by atoms with E-state index in [1.165, 1.54) is 11.6 Å². The van der Waals surface area contributed by atoms with Gasteiger partial charge in [-0.1, -0.05) is 60.5 Å². The Labute approximate surface area is 265 Å². The Morgan fingerprint density at radius 2 is 1.69 bits per heavy atom. The molecule has 8 heteroatoms. The van der Waals surface area contributed by atoms with Crippen molar-refractivity contribution in [1.29, 1.82) is 0 Å². The third-order valence-corrected chi connectivity index (χ3v) is 9.26. The number of fused-ring (bicyclic) bond motifs is 1. The van der Waals surface area contributed by atoms with Crippen molar-refractivity contribution < 1.29 is 18.7 Å². The first kappa shape index (κ1) is 30.8. The second kappa shape index (κ2) is 14.3. The van der Waals surface area contributed by atoms with Crippen LogP contribution in [-0.2, 0) is 16.1 Å². The van der Waals surface area contributed by atoms with Crippen LogP contribution in [0.3, 0.4) is 0 Å². The number of amides is 2. The number of piperazine rings is 1. The quantitative estimate of drug-likeness (QED) is 0.246. The number of ether oxygens (including phenoxy) is 1. The summed E-state index contributed by atoms with van der Waals surface area (Å²) >= 11 is 0. The van der Waals surface area contributed by atoms with Gasteiger partial charge < -0.3 is 19.9 Å². The van der Waals surface area contributed by atoms with Gasteiger partial charge in [0.15, 0.2) is 5.76 Å². The highest BCUT2D eigenvalue weighted by Gasteiger charge is 2.41. The molecule has 7 nitrogen and oxygen atoms in total. The zero-order chi connectivity index (χ0) is 31.2. The third-order valence-electron chi connectivity index (χ3n) is 9.26. The molecular formula is C37H43FN4O3. The first-order valence-electron chi connectivity index (χ1n) is 16.3. The minimum Gasteiger partial charge on any atom is -0.482 e. The Morgan fingerprint density at radius 3 is 2.44 bits per heavy atom. The Morgan fingerprint density at radius 1 is 0.956 bits per heavy atom. The molecule has 0 spiro atoms. The molecule has 0 aromatic heterocycles. The van der Waals surface area contributed by atoms with Gasteiger partial charge in [0.05, 0.1) is 11.7 Å². The van der Waals surface area contributed by atoms with Gasteiger partial charge in [0.25, 0.3) is 11.8 Å². The van der Waals surface area contributed by atoms with E-state index in [0.717, 1.165) is 76.0 Å². The molecule has 2 aliphatic heterocycles. The molecule has 0 bridgehead atoms. The molecule has 3 aromatic rings. The molecule has 1 aliphatic carbocycles. The largest absolute Gasteiger partial charge is 0.482 e. The van der Waals surface area contributed by atoms with Crippen molar-refractivity contribution in [3.8, 4) is 0 Å². The molecule has 3 aliphatic rings. The molecule has 2 amide bonds. The molecule has 2 saturated heterocycles. The lowest BCUT2D eigenvalue weighted by Crippen LogP contribution is -2.54. The van der Waals surface area contributed by atoms with E-state index in [0.29, 0.717) is 30.1 Å². The van der Waals surface area contributed by atoms with Gasteiger partial charge in [0.1, 0.15) is 11.9 Å². The van der Waals surface area contributed by atoms with Gasteiger partial charge >= 0.3 is 0 Å². The summed E-state index contributed by atoms with van der Waals surface area (Å²) in [6, 6.07) is 22.7. The molecule has 2 heterocycles. The molecule has 236 valence electrons. The molecule has 3 aromatic carbocycles. The van der Waals surface area contributed by atoms with Crippen molar-refractivity contribution in [1.82, 2.24) is 15.1 Å². The lowest BCUT2D eigenvalue weighted by Gasteiger charge is -2.44. The van der Waals surface area contributed by atoms with Crippen molar-refractivity contribution in [2.75, 3.05) is 44.2 Å². The summed E-state index contributed by atoms with van der Waals surface area (Å²) in [5.41, 5.74) is 4.40. The number of carbonyl (C=O) groups is 2. The monoisotopic (exact) mass is 610 g/mol. The number of hydrogen-bond donors (Lipinski definition) is 1. The fraction of sp³-hybridized carbons (Fsp3) is 0.405. The summed E-state index contributed by atoms with van der Waals surface area (Å²) in [5.74, 6) is 0.0107. The average molecular weight is 611 g/mol. The number of anilines is 1. The highest BCUT2D eigenvalue weighted by Crippen LogP contribution is 2.34. The van der Waals surface area contributed by atoms with E-state index in [4.69, 9.17) is 4.74 Å². The number of halogens is 1. The summed E-state index contributed by atoms with van der Waals surface area (Å²) in [6.45, 7) is 7.43. The zero-order valence-electron chi connectivity index (χ0n) is 26.1. The standard InChI is InChI=1S/C37H43FN4O3/c1-27-11-13-29(14-12-27)26-42-33-9-4-5-10-34(33)45-35(37(42)44)25-28-15-17-30(18-16-28)36(43)39-19-6-20-40-21-23-41(24-22-40)32-8-3-2-7-31(32)38/h2-3,7-8,11-18,25,33-34H,4-6,9-10,19-24,26H2,1H3,(H,39,43)/b35-25+. The normalized spacial score (nSPS) is 21.4. The zero-order valence-corrected chi connectivity index (χ0v) is 26.1. The fourth-order valence-corrected chi connectivity index (χ4v) is 6.66. The fourth-order valence-electron chi connectivity index (χ4n) is 6.66. The smallest absolute Gasteiger partial charge is 0.289 e. The van der Waals surface area contributed by atoms with Crippen LogP contribution in [0.1, 0.15) is 59.2 Å². The van der Waals surface area contributed by atoms with Gasteiger partial charge in [0, 0.05) is 44.8 Å². The lowest BCUT2D eigenvalue weighted by molar-refractivity contribution is -0.149. The van der Waals surface area contributed by atoms with E-state index in [9.17, 15) is 14.0 Å². The van der Waals surface area contributed by atoms with Crippen LogP contribution in [0.25, 0.3) is 6.08 Å². The van der Waals surface area contributed by atoms with E-state index in [-0.39, 0.29) is 29.8 Å². The van der Waals surface area contributed by atoms with E-state index in [2.05, 4.69) is 46.3 Å². The minimum absolute atomic E-state index is 0.00827. The number of aryl methyl sites for hydroxylation is 1. The first-order valence-corrected chi connectivity index (χ1v) is 16.3. The number of nitrogens with zero attached hydrogens (tertiary/aromatic N) is 3. The van der Waals surface area contributed by atoms with Crippen molar-refractivity contribution in [2.45, 2.75) is 57.7 Å². The van der Waals surface area contributed by atoms with Gasteiger partial charge in [-0.25, -0.2) is 4.39 Å². The van der Waals surface area contributed by atoms with Crippen molar-refractivity contribution in [3.05, 3.63) is 107 Å². The van der Waals surface area contributed by atoms with Crippen LogP contribution in [0, 0.1) is 12.7 Å². The maximum Gasteiger partial charge on any atom is 0.289 e. The van der Waals surface area contributed by atoms with Gasteiger partial charge in [0.2, 0.25) is 0 Å². The molecular weight excluding hydrogens is 567 g/mol. The molecule has 1 saturated carbocycles. The summed E-state index contributed by atoms with van der Waals surface area (Å²) < 4.78 is 20.4. The number of para-hydroxylation sites is 1. The van der Waals surface area contributed by atoms with Crippen LogP contribution < -0.4 is 10.2 Å². The number of rotatable bonds is 9. The minimum atomic E-state index is -0.174. The number of morpholine rings is 1. The summed E-state index contributed by atoms with van der Waals surface area (Å²) in [7, 11) is 0. The maximum atomic E-state index is 14.1. The lowest BCUT2D eigenvalue weighted by atomic mass is 9.89. The van der Waals surface area contributed by atoms with E-state index in [1.54, 1.807) is 18.2 Å². The Kier molecular flexibility index (Phi) is 9.79. The molecule has 2 unspecified atom stereocenters. The van der Waals surface area contributed by atoms with Gasteiger partial charge in [-0.2, -0.15) is 0 Å². The van der Waals surface area contributed by atoms with Crippen LogP contribution in [0.15, 0.2) is 78.6 Å². The van der Waals surface area contributed by atoms with Crippen LogP contribution in [0.4, 0.5) is 10.1 Å².